The maximum absolute atomic E-state index is 13.1. The van der Waals surface area contributed by atoms with Gasteiger partial charge in [0.1, 0.15) is 0 Å². The van der Waals surface area contributed by atoms with E-state index in [1.165, 1.54) is 11.8 Å². The number of rotatable bonds is 6. The van der Waals surface area contributed by atoms with E-state index in [0.29, 0.717) is 28.2 Å². The Hall–Kier alpha value is -2.86. The fourth-order valence-electron chi connectivity index (χ4n) is 3.36. The largest absolute Gasteiger partial charge is 0.360 e. The lowest BCUT2D eigenvalue weighted by Crippen LogP contribution is -2.25. The average molecular weight is 391 g/mol. The molecular weight excluding hydrogens is 370 g/mol. The number of aromatic nitrogens is 3. The van der Waals surface area contributed by atoms with E-state index in [9.17, 15) is 9.59 Å². The second kappa shape index (κ2) is 7.64. The highest BCUT2D eigenvalue weighted by atomic mass is 32.2. The summed E-state index contributed by atoms with van der Waals surface area (Å²) in [7, 11) is 0. The highest BCUT2D eigenvalue weighted by molar-refractivity contribution is 8.00. The number of nitrogens with zero attached hydrogens (tertiary/aromatic N) is 2. The van der Waals surface area contributed by atoms with E-state index in [1.807, 2.05) is 56.3 Å². The summed E-state index contributed by atoms with van der Waals surface area (Å²) in [6.07, 6.45) is 2.58. The number of fused-ring (bicyclic) bond motifs is 2. The Bertz CT molecular complexity index is 1230. The van der Waals surface area contributed by atoms with Crippen LogP contribution in [0.25, 0.3) is 21.8 Å². The van der Waals surface area contributed by atoms with Gasteiger partial charge in [0.05, 0.1) is 16.2 Å². The highest BCUT2D eigenvalue weighted by Crippen LogP contribution is 2.27. The second-order valence-corrected chi connectivity index (χ2v) is 8.05. The van der Waals surface area contributed by atoms with Crippen LogP contribution in [-0.2, 0) is 6.54 Å². The summed E-state index contributed by atoms with van der Waals surface area (Å²) in [5.74, 6) is 0.0212. The van der Waals surface area contributed by atoms with Crippen molar-refractivity contribution in [2.45, 2.75) is 37.2 Å². The zero-order valence-corrected chi connectivity index (χ0v) is 16.6. The molecule has 6 heteroatoms. The van der Waals surface area contributed by atoms with E-state index >= 15 is 0 Å². The van der Waals surface area contributed by atoms with Crippen molar-refractivity contribution in [3.63, 3.8) is 0 Å². The molecule has 1 atom stereocenters. The average Bonchev–Trinajstić information content (AvgIpc) is 3.14. The van der Waals surface area contributed by atoms with Crippen molar-refractivity contribution >= 4 is 39.4 Å². The number of nitrogens with one attached hydrogen (secondary N) is 1. The fourth-order valence-corrected chi connectivity index (χ4v) is 4.37. The van der Waals surface area contributed by atoms with Crippen LogP contribution >= 0.6 is 11.8 Å². The van der Waals surface area contributed by atoms with Gasteiger partial charge >= 0.3 is 0 Å². The molecule has 142 valence electrons. The van der Waals surface area contributed by atoms with Crippen molar-refractivity contribution in [3.05, 3.63) is 70.6 Å². The van der Waals surface area contributed by atoms with Crippen LogP contribution in [0.2, 0.25) is 0 Å². The summed E-state index contributed by atoms with van der Waals surface area (Å²) < 4.78 is 1.69. The van der Waals surface area contributed by atoms with Gasteiger partial charge in [-0.1, -0.05) is 49.0 Å². The Labute approximate surface area is 166 Å². The molecule has 0 bridgehead atoms. The quantitative estimate of drug-likeness (QED) is 0.295. The van der Waals surface area contributed by atoms with Gasteiger partial charge in [0.25, 0.3) is 5.56 Å². The Balaban J connectivity index is 1.71. The van der Waals surface area contributed by atoms with E-state index in [4.69, 9.17) is 0 Å². The number of thioether (sulfide) groups is 1. The third-order valence-corrected chi connectivity index (χ3v) is 5.87. The minimum absolute atomic E-state index is 0.0212. The monoisotopic (exact) mass is 391 g/mol. The number of hydrogen-bond donors (Lipinski definition) is 1. The maximum atomic E-state index is 13.1. The highest BCUT2D eigenvalue weighted by Gasteiger charge is 2.22. The lowest BCUT2D eigenvalue weighted by atomic mass is 10.1. The van der Waals surface area contributed by atoms with Gasteiger partial charge in [-0.15, -0.1) is 0 Å². The number of ketones is 1. The summed E-state index contributed by atoms with van der Waals surface area (Å²) in [5.41, 5.74) is 2.21. The fraction of sp³-hybridized carbons (Fsp3) is 0.227. The van der Waals surface area contributed by atoms with Crippen LogP contribution < -0.4 is 5.56 Å². The molecule has 0 aliphatic heterocycles. The van der Waals surface area contributed by atoms with Crippen molar-refractivity contribution < 1.29 is 4.79 Å². The molecule has 0 fully saturated rings. The second-order valence-electron chi connectivity index (χ2n) is 6.74. The first kappa shape index (κ1) is 18.5. The van der Waals surface area contributed by atoms with Crippen molar-refractivity contribution in [3.8, 4) is 0 Å². The molecule has 2 heterocycles. The topological polar surface area (TPSA) is 67.8 Å². The molecular formula is C22H21N3O2S. The van der Waals surface area contributed by atoms with Gasteiger partial charge in [0.2, 0.25) is 0 Å². The van der Waals surface area contributed by atoms with E-state index in [0.717, 1.165) is 17.3 Å². The van der Waals surface area contributed by atoms with Crippen molar-refractivity contribution in [1.29, 1.82) is 0 Å². The van der Waals surface area contributed by atoms with Gasteiger partial charge in [-0.3, -0.25) is 14.2 Å². The van der Waals surface area contributed by atoms with Gasteiger partial charge in [0.15, 0.2) is 10.9 Å². The lowest BCUT2D eigenvalue weighted by molar-refractivity contribution is 0.0995. The molecule has 4 rings (SSSR count). The Morgan fingerprint density at radius 2 is 1.86 bits per heavy atom. The first-order valence-corrected chi connectivity index (χ1v) is 10.2. The third-order valence-electron chi connectivity index (χ3n) is 4.78. The van der Waals surface area contributed by atoms with E-state index in [-0.39, 0.29) is 16.6 Å². The zero-order chi connectivity index (χ0) is 19.7. The standard InChI is InChI=1S/C22H21N3O2S/c1-3-12-25-21(27)16-9-5-7-11-19(16)24-22(25)28-14(2)20(26)17-13-23-18-10-6-4-8-15(17)18/h4-11,13-14,23H,3,12H2,1-2H3/t14-/m1/s1. The molecule has 5 nitrogen and oxygen atoms in total. The summed E-state index contributed by atoms with van der Waals surface area (Å²) in [5, 5.41) is 1.75. The molecule has 0 aliphatic rings. The predicted octanol–water partition coefficient (Wildman–Crippen LogP) is 4.65. The third kappa shape index (κ3) is 3.24. The van der Waals surface area contributed by atoms with Crippen molar-refractivity contribution in [2.24, 2.45) is 0 Å². The molecule has 0 unspecified atom stereocenters. The van der Waals surface area contributed by atoms with Gasteiger partial charge in [-0.2, -0.15) is 0 Å². The van der Waals surface area contributed by atoms with E-state index in [2.05, 4.69) is 9.97 Å². The van der Waals surface area contributed by atoms with Crippen molar-refractivity contribution in [2.75, 3.05) is 0 Å². The number of hydrogen-bond acceptors (Lipinski definition) is 4. The molecule has 4 aromatic rings. The Morgan fingerprint density at radius 3 is 2.64 bits per heavy atom. The SMILES string of the molecule is CCCn1c(S[C@H](C)C(=O)c2c[nH]c3ccccc23)nc2ccccc2c1=O. The number of benzene rings is 2. The summed E-state index contributed by atoms with van der Waals surface area (Å²) in [6, 6.07) is 15.1. The predicted molar refractivity (Wildman–Crippen MR) is 114 cm³/mol. The molecule has 2 aromatic carbocycles. The molecule has 0 saturated heterocycles. The number of aromatic amines is 1. The number of para-hydroxylation sites is 2. The summed E-state index contributed by atoms with van der Waals surface area (Å²) >= 11 is 1.34. The van der Waals surface area contributed by atoms with Crippen LogP contribution in [0.15, 0.2) is 64.7 Å². The summed E-state index contributed by atoms with van der Waals surface area (Å²) in [6.45, 7) is 4.47. The van der Waals surface area contributed by atoms with Crippen LogP contribution in [0.4, 0.5) is 0 Å². The number of carbonyl (C=O) groups is 1. The maximum Gasteiger partial charge on any atom is 0.262 e. The number of H-pyrrole nitrogens is 1. The van der Waals surface area contributed by atoms with Gasteiger partial charge in [-0.05, 0) is 31.5 Å². The van der Waals surface area contributed by atoms with Crippen molar-refractivity contribution in [1.82, 2.24) is 14.5 Å². The van der Waals surface area contributed by atoms with Crippen LogP contribution in [0.5, 0.6) is 0 Å². The molecule has 28 heavy (non-hydrogen) atoms. The smallest absolute Gasteiger partial charge is 0.262 e. The zero-order valence-electron chi connectivity index (χ0n) is 15.8. The minimum Gasteiger partial charge on any atom is -0.360 e. The molecule has 0 aliphatic carbocycles. The molecule has 0 saturated carbocycles. The molecule has 1 N–H and O–H groups in total. The molecule has 2 aromatic heterocycles. The molecule has 0 spiro atoms. The van der Waals surface area contributed by atoms with Crippen LogP contribution in [-0.4, -0.2) is 25.6 Å². The van der Waals surface area contributed by atoms with Gasteiger partial charge in [0, 0.05) is 29.2 Å². The Kier molecular flexibility index (Phi) is 5.05. The van der Waals surface area contributed by atoms with Crippen LogP contribution in [0, 0.1) is 0 Å². The first-order chi connectivity index (χ1) is 13.6. The molecule has 0 amide bonds. The number of Topliss-reactive ketones (excluding diaryl/α,β-unsaturated/α-hetero) is 1. The van der Waals surface area contributed by atoms with Crippen LogP contribution in [0.3, 0.4) is 0 Å². The van der Waals surface area contributed by atoms with Gasteiger partial charge in [-0.25, -0.2) is 4.98 Å². The first-order valence-electron chi connectivity index (χ1n) is 9.36. The van der Waals surface area contributed by atoms with Crippen LogP contribution in [0.1, 0.15) is 30.6 Å². The molecule has 0 radical (unpaired) electrons. The van der Waals surface area contributed by atoms with Gasteiger partial charge < -0.3 is 4.98 Å². The Morgan fingerprint density at radius 1 is 1.14 bits per heavy atom. The summed E-state index contributed by atoms with van der Waals surface area (Å²) in [4.78, 5) is 33.8. The number of carbonyl (C=O) groups excluding carboxylic acids is 1. The van der Waals surface area contributed by atoms with E-state index < -0.39 is 0 Å². The normalized spacial score (nSPS) is 12.5. The lowest BCUT2D eigenvalue weighted by Gasteiger charge is -2.15. The van der Waals surface area contributed by atoms with E-state index in [1.54, 1.807) is 16.8 Å². The minimum atomic E-state index is -0.365.